The van der Waals surface area contributed by atoms with Crippen molar-refractivity contribution in [3.05, 3.63) is 16.0 Å². The lowest BCUT2D eigenvalue weighted by atomic mass is 9.98. The van der Waals surface area contributed by atoms with Gasteiger partial charge in [-0.25, -0.2) is 14.4 Å². The van der Waals surface area contributed by atoms with Crippen LogP contribution in [-0.2, 0) is 28.6 Å². The molecule has 1 aromatic rings. The van der Waals surface area contributed by atoms with E-state index >= 15 is 0 Å². The average Bonchev–Trinajstić information content (AvgIpc) is 3.45. The molecule has 0 aromatic carbocycles. The van der Waals surface area contributed by atoms with Gasteiger partial charge in [-0.15, -0.1) is 11.3 Å². The van der Waals surface area contributed by atoms with Crippen LogP contribution in [0, 0.1) is 6.92 Å². The summed E-state index contributed by atoms with van der Waals surface area (Å²) in [5.41, 5.74) is -0.706. The Balaban J connectivity index is 1.61. The first-order chi connectivity index (χ1) is 15.6. The molecule has 0 bridgehead atoms. The zero-order chi connectivity index (χ0) is 24.3. The second-order valence-corrected chi connectivity index (χ2v) is 8.58. The van der Waals surface area contributed by atoms with Gasteiger partial charge in [0, 0.05) is 0 Å². The minimum absolute atomic E-state index is 0.0243. The lowest BCUT2D eigenvalue weighted by Crippen LogP contribution is -2.44. The van der Waals surface area contributed by atoms with Gasteiger partial charge in [0.2, 0.25) is 0 Å². The summed E-state index contributed by atoms with van der Waals surface area (Å²) < 4.78 is 14.3. The van der Waals surface area contributed by atoms with E-state index < -0.39 is 54.4 Å². The Morgan fingerprint density at radius 2 is 1.73 bits per heavy atom. The van der Waals surface area contributed by atoms with Gasteiger partial charge in [0.1, 0.15) is 22.0 Å². The Morgan fingerprint density at radius 1 is 1.09 bits per heavy atom. The highest BCUT2D eigenvalue weighted by Gasteiger charge is 2.52. The molecule has 12 nitrogen and oxygen atoms in total. The van der Waals surface area contributed by atoms with Crippen molar-refractivity contribution < 1.29 is 43.0 Å². The molecule has 1 aliphatic carbocycles. The summed E-state index contributed by atoms with van der Waals surface area (Å²) in [6, 6.07) is -0.671. The molecule has 2 heterocycles. The van der Waals surface area contributed by atoms with Crippen molar-refractivity contribution in [1.29, 1.82) is 0 Å². The minimum Gasteiger partial charge on any atom is -0.465 e. The van der Waals surface area contributed by atoms with Gasteiger partial charge in [0.05, 0.1) is 19.8 Å². The van der Waals surface area contributed by atoms with Gasteiger partial charge < -0.3 is 24.8 Å². The molecular weight excluding hydrogens is 458 g/mol. The van der Waals surface area contributed by atoms with Crippen molar-refractivity contribution in [2.75, 3.05) is 32.7 Å². The number of methoxy groups -OCH3 is 2. The number of nitrogens with zero attached hydrogens (tertiary/aromatic N) is 1. The summed E-state index contributed by atoms with van der Waals surface area (Å²) in [6.45, 7) is 0.135. The Kier molecular flexibility index (Phi) is 7.01. The molecule has 1 saturated carbocycles. The van der Waals surface area contributed by atoms with E-state index in [-0.39, 0.29) is 21.0 Å². The monoisotopic (exact) mass is 481 g/mol. The van der Waals surface area contributed by atoms with Gasteiger partial charge in [-0.05, 0) is 25.3 Å². The molecule has 1 aromatic heterocycles. The Bertz CT molecular complexity index is 1030. The summed E-state index contributed by atoms with van der Waals surface area (Å²) in [5, 5.41) is 5.08. The Labute approximate surface area is 192 Å². The number of rotatable bonds is 7. The van der Waals surface area contributed by atoms with Crippen LogP contribution in [0.2, 0.25) is 0 Å². The van der Waals surface area contributed by atoms with E-state index in [0.29, 0.717) is 12.8 Å². The fraction of sp³-hybridized carbons (Fsp3) is 0.500. The molecule has 3 rings (SSSR count). The topological polar surface area (TPSA) is 157 Å². The Hall–Kier alpha value is -3.48. The van der Waals surface area contributed by atoms with E-state index in [2.05, 4.69) is 15.4 Å². The first kappa shape index (κ1) is 24.2. The predicted molar refractivity (Wildman–Crippen MR) is 113 cm³/mol. The highest BCUT2D eigenvalue weighted by molar-refractivity contribution is 7.18. The zero-order valence-corrected chi connectivity index (χ0v) is 19.1. The molecule has 1 saturated heterocycles. The summed E-state index contributed by atoms with van der Waals surface area (Å²) in [5.74, 6) is -3.68. The first-order valence-corrected chi connectivity index (χ1v) is 10.8. The molecule has 13 heteroatoms. The van der Waals surface area contributed by atoms with Crippen molar-refractivity contribution in [2.45, 2.75) is 38.1 Å². The van der Waals surface area contributed by atoms with Gasteiger partial charge in [-0.2, -0.15) is 0 Å². The van der Waals surface area contributed by atoms with Crippen LogP contribution in [0.4, 0.5) is 9.80 Å². The number of nitrogens with one attached hydrogen (secondary N) is 2. The average molecular weight is 481 g/mol. The molecule has 1 spiro atoms. The fourth-order valence-electron chi connectivity index (χ4n) is 3.86. The lowest BCUT2D eigenvalue weighted by Gasteiger charge is -2.19. The molecule has 4 amide bonds. The third kappa shape index (κ3) is 4.67. The van der Waals surface area contributed by atoms with Gasteiger partial charge in [-0.1, -0.05) is 12.8 Å². The van der Waals surface area contributed by atoms with Crippen molar-refractivity contribution in [1.82, 2.24) is 10.2 Å². The van der Waals surface area contributed by atoms with Crippen LogP contribution in [0.15, 0.2) is 0 Å². The minimum atomic E-state index is -0.951. The number of carbonyl (C=O) groups is 6. The van der Waals surface area contributed by atoms with Crippen LogP contribution in [0.5, 0.6) is 0 Å². The van der Waals surface area contributed by atoms with E-state index in [1.165, 1.54) is 14.0 Å². The maximum absolute atomic E-state index is 12.6. The highest BCUT2D eigenvalue weighted by atomic mass is 32.1. The van der Waals surface area contributed by atoms with Crippen molar-refractivity contribution in [3.8, 4) is 0 Å². The lowest BCUT2D eigenvalue weighted by molar-refractivity contribution is -0.150. The van der Waals surface area contributed by atoms with E-state index in [1.54, 1.807) is 0 Å². The van der Waals surface area contributed by atoms with Crippen LogP contribution in [-0.4, -0.2) is 73.6 Å². The molecule has 178 valence electrons. The van der Waals surface area contributed by atoms with Crippen molar-refractivity contribution >= 4 is 52.1 Å². The SMILES string of the molecule is COC(=O)c1sc(NC(=O)COC(=O)CN2C(=O)NC3(CCCC3)C2=O)c(C(=O)OC)c1C. The number of imide groups is 1. The van der Waals surface area contributed by atoms with Gasteiger partial charge in [0.15, 0.2) is 6.61 Å². The smallest absolute Gasteiger partial charge is 0.348 e. The maximum atomic E-state index is 12.6. The van der Waals surface area contributed by atoms with Crippen LogP contribution in [0.25, 0.3) is 0 Å². The molecule has 2 fully saturated rings. The van der Waals surface area contributed by atoms with Crippen molar-refractivity contribution in [2.24, 2.45) is 0 Å². The molecule has 0 unspecified atom stereocenters. The van der Waals surface area contributed by atoms with Gasteiger partial charge in [0.25, 0.3) is 11.8 Å². The van der Waals surface area contributed by atoms with Crippen LogP contribution < -0.4 is 10.6 Å². The number of urea groups is 1. The summed E-state index contributed by atoms with van der Waals surface area (Å²) in [7, 11) is 2.33. The number of esters is 3. The first-order valence-electron chi connectivity index (χ1n) is 10.0. The van der Waals surface area contributed by atoms with Gasteiger partial charge in [-0.3, -0.25) is 19.3 Å². The molecule has 1 aliphatic heterocycles. The van der Waals surface area contributed by atoms with Gasteiger partial charge >= 0.3 is 23.9 Å². The second kappa shape index (κ2) is 9.57. The van der Waals surface area contributed by atoms with E-state index in [9.17, 15) is 28.8 Å². The second-order valence-electron chi connectivity index (χ2n) is 7.56. The summed E-state index contributed by atoms with van der Waals surface area (Å²) >= 11 is 0.809. The third-order valence-electron chi connectivity index (χ3n) is 5.51. The van der Waals surface area contributed by atoms with E-state index in [4.69, 9.17) is 9.47 Å². The van der Waals surface area contributed by atoms with Crippen LogP contribution >= 0.6 is 11.3 Å². The van der Waals surface area contributed by atoms with Crippen molar-refractivity contribution in [3.63, 3.8) is 0 Å². The third-order valence-corrected chi connectivity index (χ3v) is 6.70. The predicted octanol–water partition coefficient (Wildman–Crippen LogP) is 0.976. The number of thiophene rings is 1. The number of hydrogen-bond acceptors (Lipinski definition) is 10. The fourth-order valence-corrected chi connectivity index (χ4v) is 4.99. The standard InChI is InChI=1S/C20H23N3O9S/c1-10-13(16(26)30-2)15(33-14(10)17(27)31-3)21-11(24)9-32-12(25)8-23-18(28)20(22-19(23)29)6-4-5-7-20/h4-9H2,1-3H3,(H,21,24)(H,22,29). The molecule has 2 aliphatic rings. The van der Waals surface area contributed by atoms with E-state index in [1.807, 2.05) is 0 Å². The maximum Gasteiger partial charge on any atom is 0.348 e. The zero-order valence-electron chi connectivity index (χ0n) is 18.3. The molecule has 0 radical (unpaired) electrons. The molecule has 33 heavy (non-hydrogen) atoms. The summed E-state index contributed by atoms with van der Waals surface area (Å²) in [4.78, 5) is 74.1. The van der Waals surface area contributed by atoms with Crippen LogP contribution in [0.1, 0.15) is 51.3 Å². The van der Waals surface area contributed by atoms with E-state index in [0.717, 1.165) is 36.2 Å². The molecule has 2 N–H and O–H groups in total. The number of anilines is 1. The largest absolute Gasteiger partial charge is 0.465 e. The number of carbonyl (C=O) groups excluding carboxylic acids is 6. The molecular formula is C20H23N3O9S. The van der Waals surface area contributed by atoms with Crippen LogP contribution in [0.3, 0.4) is 0 Å². The number of hydrogen-bond donors (Lipinski definition) is 2. The normalized spacial score (nSPS) is 16.5. The summed E-state index contributed by atoms with van der Waals surface area (Å²) in [6.07, 6.45) is 2.64. The highest BCUT2D eigenvalue weighted by Crippen LogP contribution is 2.35. The number of ether oxygens (including phenoxy) is 3. The quantitative estimate of drug-likeness (QED) is 0.329. The number of amides is 4. The molecule has 0 atom stereocenters. The Morgan fingerprint density at radius 3 is 2.33 bits per heavy atom.